The predicted molar refractivity (Wildman–Crippen MR) is 172 cm³/mol. The maximum Gasteiger partial charge on any atom is 0.387 e. The van der Waals surface area contributed by atoms with Gasteiger partial charge in [0.1, 0.15) is 11.3 Å². The Morgan fingerprint density at radius 2 is 1.67 bits per heavy atom. The number of nitrogens with zero attached hydrogens (tertiary/aromatic N) is 4. The number of aliphatic hydroxyl groups excluding tert-OH is 1. The van der Waals surface area contributed by atoms with Crippen molar-refractivity contribution in [3.05, 3.63) is 99.6 Å². The molecule has 7 nitrogen and oxygen atoms in total. The lowest BCUT2D eigenvalue weighted by Gasteiger charge is -2.17. The Morgan fingerprint density at radius 3 is 2.37 bits per heavy atom. The Hall–Kier alpha value is -4.91. The van der Waals surface area contributed by atoms with E-state index in [4.69, 9.17) is 19.1 Å². The van der Waals surface area contributed by atoms with Crippen molar-refractivity contribution in [1.82, 2.24) is 9.88 Å². The van der Waals surface area contributed by atoms with Gasteiger partial charge in [-0.1, -0.05) is 30.3 Å². The van der Waals surface area contributed by atoms with Gasteiger partial charge in [-0.15, -0.1) is 0 Å². The molecule has 1 saturated heterocycles. The van der Waals surface area contributed by atoms with Gasteiger partial charge in [0.2, 0.25) is 5.89 Å². The second kappa shape index (κ2) is 12.1. The number of benzene rings is 4. The van der Waals surface area contributed by atoms with Gasteiger partial charge in [-0.05, 0) is 97.4 Å². The van der Waals surface area contributed by atoms with Gasteiger partial charge in [0.05, 0.1) is 29.6 Å². The van der Waals surface area contributed by atoms with E-state index >= 15 is 0 Å². The summed E-state index contributed by atoms with van der Waals surface area (Å²) in [4.78, 5) is 11.9. The van der Waals surface area contributed by atoms with Crippen molar-refractivity contribution in [2.45, 2.75) is 52.9 Å². The minimum absolute atomic E-state index is 0.112. The SMILES string of the molecule is Cc1c(C2=Nc3cc(CO)cc(C#N)c3C2)cccc1-c1cccc(-c2nc3cc(CN4CCCC4)c(OC(F)F)cc3o2)c1C. The van der Waals surface area contributed by atoms with Crippen molar-refractivity contribution in [2.24, 2.45) is 4.99 Å². The number of aliphatic hydroxyl groups is 1. The van der Waals surface area contributed by atoms with E-state index in [-0.39, 0.29) is 12.4 Å². The number of fused-ring (bicyclic) bond motifs is 2. The fourth-order valence-corrected chi connectivity index (χ4v) is 6.72. The van der Waals surface area contributed by atoms with E-state index < -0.39 is 6.61 Å². The number of nitriles is 1. The highest BCUT2D eigenvalue weighted by Crippen LogP contribution is 2.39. The summed E-state index contributed by atoms with van der Waals surface area (Å²) in [6.45, 7) is 3.37. The van der Waals surface area contributed by atoms with Gasteiger partial charge in [-0.2, -0.15) is 14.0 Å². The molecule has 4 aromatic carbocycles. The third-order valence-electron chi connectivity index (χ3n) is 9.07. The van der Waals surface area contributed by atoms with E-state index in [1.165, 1.54) is 6.07 Å². The van der Waals surface area contributed by atoms with E-state index in [0.717, 1.165) is 76.3 Å². The van der Waals surface area contributed by atoms with Crippen LogP contribution in [0.2, 0.25) is 0 Å². The number of aromatic nitrogens is 1. The molecular formula is C37H32F2N4O3. The van der Waals surface area contributed by atoms with Crippen LogP contribution in [0, 0.1) is 25.2 Å². The molecule has 0 unspecified atom stereocenters. The summed E-state index contributed by atoms with van der Waals surface area (Å²) in [7, 11) is 0. The van der Waals surface area contributed by atoms with Gasteiger partial charge in [0.15, 0.2) is 5.58 Å². The molecule has 1 aromatic heterocycles. The van der Waals surface area contributed by atoms with Crippen LogP contribution in [0.1, 0.15) is 51.8 Å². The summed E-state index contributed by atoms with van der Waals surface area (Å²) < 4.78 is 37.7. The van der Waals surface area contributed by atoms with Crippen LogP contribution < -0.4 is 4.74 Å². The Bertz CT molecular complexity index is 2050. The summed E-state index contributed by atoms with van der Waals surface area (Å²) in [5.74, 6) is 0.519. The zero-order chi connectivity index (χ0) is 31.9. The fourth-order valence-electron chi connectivity index (χ4n) is 6.72. The lowest BCUT2D eigenvalue weighted by Crippen LogP contribution is -2.19. The van der Waals surface area contributed by atoms with Crippen LogP contribution in [0.4, 0.5) is 14.5 Å². The van der Waals surface area contributed by atoms with Crippen molar-refractivity contribution >= 4 is 22.5 Å². The van der Waals surface area contributed by atoms with Crippen LogP contribution in [-0.4, -0.2) is 40.4 Å². The molecule has 0 radical (unpaired) electrons. The van der Waals surface area contributed by atoms with Gasteiger partial charge in [0, 0.05) is 35.7 Å². The molecular weight excluding hydrogens is 586 g/mol. The minimum Gasteiger partial charge on any atom is -0.436 e. The first kappa shape index (κ1) is 29.8. The van der Waals surface area contributed by atoms with Crippen molar-refractivity contribution in [3.63, 3.8) is 0 Å². The first-order chi connectivity index (χ1) is 22.3. The fraction of sp³-hybridized carbons (Fsp3) is 0.270. The third-order valence-corrected chi connectivity index (χ3v) is 9.07. The Balaban J connectivity index is 1.25. The summed E-state index contributed by atoms with van der Waals surface area (Å²) in [5, 5.41) is 19.4. The Morgan fingerprint density at radius 1 is 0.978 bits per heavy atom. The Labute approximate surface area is 265 Å². The average molecular weight is 619 g/mol. The lowest BCUT2D eigenvalue weighted by atomic mass is 9.89. The van der Waals surface area contributed by atoms with Crippen LogP contribution in [0.3, 0.4) is 0 Å². The number of alkyl halides is 2. The van der Waals surface area contributed by atoms with Gasteiger partial charge in [-0.25, -0.2) is 4.98 Å². The number of oxazole rings is 1. The summed E-state index contributed by atoms with van der Waals surface area (Å²) >= 11 is 0. The molecule has 9 heteroatoms. The number of hydrogen-bond donors (Lipinski definition) is 1. The van der Waals surface area contributed by atoms with E-state index in [1.54, 1.807) is 12.1 Å². The van der Waals surface area contributed by atoms with E-state index in [2.05, 4.69) is 30.0 Å². The van der Waals surface area contributed by atoms with Crippen molar-refractivity contribution in [3.8, 4) is 34.4 Å². The van der Waals surface area contributed by atoms with E-state index in [0.29, 0.717) is 46.6 Å². The van der Waals surface area contributed by atoms with Gasteiger partial charge < -0.3 is 14.3 Å². The molecule has 0 spiro atoms. The Kier molecular flexibility index (Phi) is 7.85. The van der Waals surface area contributed by atoms with Crippen molar-refractivity contribution in [2.75, 3.05) is 13.1 Å². The zero-order valence-corrected chi connectivity index (χ0v) is 25.6. The number of aliphatic imine (C=N–C) groups is 1. The summed E-state index contributed by atoms with van der Waals surface area (Å²) in [6.07, 6.45) is 2.72. The predicted octanol–water partition coefficient (Wildman–Crippen LogP) is 8.02. The largest absolute Gasteiger partial charge is 0.436 e. The standard InChI is InChI=1S/C37H32F2N4O3/c1-21-26(7-5-9-28(21)32-16-30-24(18-40)13-23(20-44)14-31(30)41-32)27-8-6-10-29(22(27)2)36-42-33-15-25(19-43-11-3-4-12-43)34(46-37(38)39)17-35(33)45-36/h5-10,13-15,17,37,44H,3-4,11-12,16,19-20H2,1-2H3. The van der Waals surface area contributed by atoms with E-state index in [1.807, 2.05) is 37.3 Å². The first-order valence-corrected chi connectivity index (χ1v) is 15.4. The maximum absolute atomic E-state index is 13.3. The molecule has 232 valence electrons. The van der Waals surface area contributed by atoms with Crippen LogP contribution in [-0.2, 0) is 19.6 Å². The smallest absolute Gasteiger partial charge is 0.387 e. The summed E-state index contributed by atoms with van der Waals surface area (Å²) in [6, 6.07) is 21.2. The molecule has 2 aliphatic heterocycles. The summed E-state index contributed by atoms with van der Waals surface area (Å²) in [5.41, 5.74) is 11.2. The highest BCUT2D eigenvalue weighted by molar-refractivity contribution is 6.09. The van der Waals surface area contributed by atoms with Crippen molar-refractivity contribution < 1.29 is 23.0 Å². The molecule has 0 amide bonds. The molecule has 0 bridgehead atoms. The first-order valence-electron chi connectivity index (χ1n) is 15.4. The van der Waals surface area contributed by atoms with Gasteiger partial charge >= 0.3 is 6.61 Å². The normalized spacial score (nSPS) is 14.6. The van der Waals surface area contributed by atoms with Crippen molar-refractivity contribution in [1.29, 1.82) is 5.26 Å². The number of rotatable bonds is 8. The average Bonchev–Trinajstić information content (AvgIpc) is 3.81. The second-order valence-electron chi connectivity index (χ2n) is 11.9. The van der Waals surface area contributed by atoms with Gasteiger partial charge in [-0.3, -0.25) is 9.89 Å². The maximum atomic E-state index is 13.3. The van der Waals surface area contributed by atoms with Crippen LogP contribution in [0.25, 0.3) is 33.7 Å². The quantitative estimate of drug-likeness (QED) is 0.189. The molecule has 1 fully saturated rings. The van der Waals surface area contributed by atoms with Crippen LogP contribution in [0.5, 0.6) is 5.75 Å². The number of ether oxygens (including phenoxy) is 1. The lowest BCUT2D eigenvalue weighted by molar-refractivity contribution is -0.0506. The molecule has 3 heterocycles. The topological polar surface area (TPSA) is 94.9 Å². The van der Waals surface area contributed by atoms with Crippen LogP contribution >= 0.6 is 0 Å². The zero-order valence-electron chi connectivity index (χ0n) is 25.6. The molecule has 2 aliphatic rings. The highest BCUT2D eigenvalue weighted by Gasteiger charge is 2.24. The molecule has 0 atom stereocenters. The molecule has 5 aromatic rings. The molecule has 46 heavy (non-hydrogen) atoms. The monoisotopic (exact) mass is 618 g/mol. The third kappa shape index (κ3) is 5.44. The molecule has 0 aliphatic carbocycles. The molecule has 0 saturated carbocycles. The number of likely N-dealkylation sites (tertiary alicyclic amines) is 1. The van der Waals surface area contributed by atoms with Crippen LogP contribution in [0.15, 0.2) is 70.1 Å². The highest BCUT2D eigenvalue weighted by atomic mass is 19.3. The molecule has 1 N–H and O–H groups in total. The second-order valence-corrected chi connectivity index (χ2v) is 11.9. The minimum atomic E-state index is -2.94. The number of hydrogen-bond acceptors (Lipinski definition) is 7. The van der Waals surface area contributed by atoms with E-state index in [9.17, 15) is 19.1 Å². The molecule has 7 rings (SSSR count). The number of halogens is 2. The van der Waals surface area contributed by atoms with Gasteiger partial charge in [0.25, 0.3) is 0 Å².